The number of rotatable bonds is 3. The summed E-state index contributed by atoms with van der Waals surface area (Å²) in [6.07, 6.45) is 2.46. The summed E-state index contributed by atoms with van der Waals surface area (Å²) in [6, 6.07) is 0.984. The van der Waals surface area contributed by atoms with Crippen LogP contribution in [0.25, 0.3) is 0 Å². The minimum Gasteiger partial charge on any atom is -0.480 e. The summed E-state index contributed by atoms with van der Waals surface area (Å²) < 4.78 is 0. The number of piperazine rings is 1. The second-order valence-corrected chi connectivity index (χ2v) is 5.86. The molecule has 1 saturated heterocycles. The zero-order valence-electron chi connectivity index (χ0n) is 11.6. The normalized spacial score (nSPS) is 39.1. The first kappa shape index (κ1) is 13.8. The predicted molar refractivity (Wildman–Crippen MR) is 70.7 cm³/mol. The van der Waals surface area contributed by atoms with Gasteiger partial charge in [0.15, 0.2) is 0 Å². The van der Waals surface area contributed by atoms with Gasteiger partial charge in [-0.2, -0.15) is 0 Å². The van der Waals surface area contributed by atoms with Crippen LogP contribution in [0.4, 0.5) is 0 Å². The van der Waals surface area contributed by atoms with Gasteiger partial charge >= 0.3 is 5.97 Å². The molecule has 0 amide bonds. The van der Waals surface area contributed by atoms with Crippen molar-refractivity contribution in [1.29, 1.82) is 0 Å². The average Bonchev–Trinajstić information content (AvgIpc) is 2.78. The molecule has 18 heavy (non-hydrogen) atoms. The Bertz CT molecular complexity index is 323. The molecule has 0 radical (unpaired) electrons. The SMILES string of the molecule is CNC1(C(=O)O)CCC(N2CCN(C)C(C)C2)C1. The van der Waals surface area contributed by atoms with E-state index in [1.165, 1.54) is 0 Å². The van der Waals surface area contributed by atoms with Gasteiger partial charge in [0, 0.05) is 31.7 Å². The van der Waals surface area contributed by atoms with Crippen molar-refractivity contribution in [3.63, 3.8) is 0 Å². The van der Waals surface area contributed by atoms with Gasteiger partial charge in [-0.15, -0.1) is 0 Å². The van der Waals surface area contributed by atoms with Gasteiger partial charge in [-0.25, -0.2) is 0 Å². The first-order valence-corrected chi connectivity index (χ1v) is 6.85. The van der Waals surface area contributed by atoms with Gasteiger partial charge in [0.05, 0.1) is 0 Å². The summed E-state index contributed by atoms with van der Waals surface area (Å²) in [7, 11) is 3.93. The Hall–Kier alpha value is -0.650. The van der Waals surface area contributed by atoms with Crippen LogP contribution in [0.5, 0.6) is 0 Å². The molecule has 5 nitrogen and oxygen atoms in total. The van der Waals surface area contributed by atoms with Crippen molar-refractivity contribution in [3.05, 3.63) is 0 Å². The highest BCUT2D eigenvalue weighted by atomic mass is 16.4. The molecule has 0 bridgehead atoms. The molecule has 5 heteroatoms. The van der Waals surface area contributed by atoms with E-state index in [0.717, 1.165) is 38.9 Å². The molecule has 1 aliphatic heterocycles. The van der Waals surface area contributed by atoms with Crippen LogP contribution in [-0.2, 0) is 4.79 Å². The lowest BCUT2D eigenvalue weighted by Crippen LogP contribution is -2.54. The number of likely N-dealkylation sites (N-methyl/N-ethyl adjacent to an activating group) is 2. The minimum absolute atomic E-state index is 0.421. The average molecular weight is 255 g/mol. The topological polar surface area (TPSA) is 55.8 Å². The molecular formula is C13H25N3O2. The van der Waals surface area contributed by atoms with Crippen molar-refractivity contribution in [3.8, 4) is 0 Å². The third kappa shape index (κ3) is 2.39. The summed E-state index contributed by atoms with van der Waals surface area (Å²) >= 11 is 0. The van der Waals surface area contributed by atoms with Crippen LogP contribution >= 0.6 is 0 Å². The van der Waals surface area contributed by atoms with E-state index in [1.54, 1.807) is 7.05 Å². The standard InChI is InChI=1S/C13H25N3O2/c1-10-9-16(7-6-15(10)3)11-4-5-13(8-11,14-2)12(17)18/h10-11,14H,4-9H2,1-3H3,(H,17,18). The van der Waals surface area contributed by atoms with Crippen LogP contribution in [0.1, 0.15) is 26.2 Å². The molecule has 3 unspecified atom stereocenters. The maximum Gasteiger partial charge on any atom is 0.323 e. The zero-order chi connectivity index (χ0) is 13.3. The number of nitrogens with one attached hydrogen (secondary N) is 1. The fraction of sp³-hybridized carbons (Fsp3) is 0.923. The lowest BCUT2D eigenvalue weighted by molar-refractivity contribution is -0.144. The molecular weight excluding hydrogens is 230 g/mol. The first-order valence-electron chi connectivity index (χ1n) is 6.85. The highest BCUT2D eigenvalue weighted by Crippen LogP contribution is 2.34. The van der Waals surface area contributed by atoms with Crippen LogP contribution < -0.4 is 5.32 Å². The molecule has 1 heterocycles. The molecule has 3 atom stereocenters. The van der Waals surface area contributed by atoms with Gasteiger partial charge in [-0.3, -0.25) is 9.69 Å². The molecule has 0 aromatic heterocycles. The van der Waals surface area contributed by atoms with Crippen molar-refractivity contribution >= 4 is 5.97 Å². The number of hydrogen-bond donors (Lipinski definition) is 2. The van der Waals surface area contributed by atoms with E-state index in [9.17, 15) is 9.90 Å². The van der Waals surface area contributed by atoms with Crippen molar-refractivity contribution in [2.24, 2.45) is 0 Å². The molecule has 1 saturated carbocycles. The van der Waals surface area contributed by atoms with Crippen molar-refractivity contribution < 1.29 is 9.90 Å². The van der Waals surface area contributed by atoms with E-state index in [-0.39, 0.29) is 0 Å². The van der Waals surface area contributed by atoms with Crippen LogP contribution in [0.2, 0.25) is 0 Å². The van der Waals surface area contributed by atoms with E-state index in [4.69, 9.17) is 0 Å². The largest absolute Gasteiger partial charge is 0.480 e. The van der Waals surface area contributed by atoms with Gasteiger partial charge in [0.1, 0.15) is 5.54 Å². The fourth-order valence-electron chi connectivity index (χ4n) is 3.27. The summed E-state index contributed by atoms with van der Waals surface area (Å²) in [4.78, 5) is 16.3. The molecule has 0 spiro atoms. The van der Waals surface area contributed by atoms with Gasteiger partial charge in [-0.05, 0) is 40.3 Å². The number of carboxylic acid groups (broad SMARTS) is 1. The second-order valence-electron chi connectivity index (χ2n) is 5.86. The maximum absolute atomic E-state index is 11.4. The molecule has 2 rings (SSSR count). The lowest BCUT2D eigenvalue weighted by Gasteiger charge is -2.41. The van der Waals surface area contributed by atoms with Crippen LogP contribution in [0.15, 0.2) is 0 Å². The molecule has 104 valence electrons. The van der Waals surface area contributed by atoms with E-state index < -0.39 is 11.5 Å². The van der Waals surface area contributed by atoms with Gasteiger partial charge in [0.2, 0.25) is 0 Å². The Labute approximate surface area is 109 Å². The van der Waals surface area contributed by atoms with Crippen molar-refractivity contribution in [2.75, 3.05) is 33.7 Å². The Balaban J connectivity index is 1.98. The monoisotopic (exact) mass is 255 g/mol. The number of carbonyl (C=O) groups is 1. The van der Waals surface area contributed by atoms with Crippen LogP contribution in [0.3, 0.4) is 0 Å². The van der Waals surface area contributed by atoms with E-state index in [0.29, 0.717) is 12.1 Å². The van der Waals surface area contributed by atoms with E-state index >= 15 is 0 Å². The number of nitrogens with zero attached hydrogens (tertiary/aromatic N) is 2. The fourth-order valence-corrected chi connectivity index (χ4v) is 3.27. The third-order valence-corrected chi connectivity index (χ3v) is 4.88. The number of hydrogen-bond acceptors (Lipinski definition) is 4. The number of aliphatic carboxylic acids is 1. The maximum atomic E-state index is 11.4. The highest BCUT2D eigenvalue weighted by Gasteiger charge is 2.46. The molecule has 2 aliphatic rings. The third-order valence-electron chi connectivity index (χ3n) is 4.88. The summed E-state index contributed by atoms with van der Waals surface area (Å²) in [5.74, 6) is -0.699. The second kappa shape index (κ2) is 5.15. The smallest absolute Gasteiger partial charge is 0.323 e. The van der Waals surface area contributed by atoms with Crippen molar-refractivity contribution in [1.82, 2.24) is 15.1 Å². The number of carboxylic acids is 1. The van der Waals surface area contributed by atoms with E-state index in [1.807, 2.05) is 0 Å². The Kier molecular flexibility index (Phi) is 3.94. The Morgan fingerprint density at radius 1 is 1.44 bits per heavy atom. The lowest BCUT2D eigenvalue weighted by atomic mass is 9.97. The first-order chi connectivity index (χ1) is 8.48. The molecule has 1 aliphatic carbocycles. The molecule has 2 N–H and O–H groups in total. The van der Waals surface area contributed by atoms with Gasteiger partial charge < -0.3 is 15.3 Å². The Morgan fingerprint density at radius 2 is 2.17 bits per heavy atom. The minimum atomic E-state index is -0.699. The van der Waals surface area contributed by atoms with E-state index in [2.05, 4.69) is 29.1 Å². The molecule has 0 aromatic carbocycles. The summed E-state index contributed by atoms with van der Waals surface area (Å²) in [5, 5.41) is 12.4. The zero-order valence-corrected chi connectivity index (χ0v) is 11.6. The van der Waals surface area contributed by atoms with Gasteiger partial charge in [0.25, 0.3) is 0 Å². The van der Waals surface area contributed by atoms with Crippen LogP contribution in [0, 0.1) is 0 Å². The van der Waals surface area contributed by atoms with Gasteiger partial charge in [-0.1, -0.05) is 0 Å². The molecule has 0 aromatic rings. The summed E-state index contributed by atoms with van der Waals surface area (Å²) in [5.41, 5.74) is -0.697. The predicted octanol–water partition coefficient (Wildman–Crippen LogP) is 0.218. The summed E-state index contributed by atoms with van der Waals surface area (Å²) in [6.45, 7) is 5.44. The quantitative estimate of drug-likeness (QED) is 0.755. The highest BCUT2D eigenvalue weighted by molar-refractivity contribution is 5.79. The Morgan fingerprint density at radius 3 is 2.67 bits per heavy atom. The van der Waals surface area contributed by atoms with Crippen molar-refractivity contribution in [2.45, 2.75) is 43.8 Å². The van der Waals surface area contributed by atoms with Crippen LogP contribution in [-0.4, -0.2) is 72.2 Å². The molecule has 2 fully saturated rings.